The normalized spacial score (nSPS) is 13.5. The predicted octanol–water partition coefficient (Wildman–Crippen LogP) is 0.942. The van der Waals surface area contributed by atoms with Gasteiger partial charge in [-0.3, -0.25) is 4.99 Å². The zero-order chi connectivity index (χ0) is 9.61. The van der Waals surface area contributed by atoms with E-state index < -0.39 is 12.8 Å². The minimum atomic E-state index is -4.30. The summed E-state index contributed by atoms with van der Waals surface area (Å²) >= 11 is 0. The van der Waals surface area contributed by atoms with Crippen LogP contribution in [-0.2, 0) is 4.74 Å². The molecule has 0 aromatic heterocycles. The first-order valence-corrected chi connectivity index (χ1v) is 3.39. The van der Waals surface area contributed by atoms with Crippen molar-refractivity contribution >= 4 is 5.84 Å². The molecule has 0 aliphatic carbocycles. The summed E-state index contributed by atoms with van der Waals surface area (Å²) in [7, 11) is 0. The third-order valence-corrected chi connectivity index (χ3v) is 0.877. The molecule has 0 aromatic rings. The van der Waals surface area contributed by atoms with Crippen molar-refractivity contribution in [2.45, 2.75) is 13.1 Å². The lowest BCUT2D eigenvalue weighted by molar-refractivity contribution is -0.170. The van der Waals surface area contributed by atoms with Gasteiger partial charge < -0.3 is 10.5 Å². The van der Waals surface area contributed by atoms with Gasteiger partial charge in [0.15, 0.2) is 0 Å². The monoisotopic (exact) mass is 184 g/mol. The maximum atomic E-state index is 11.5. The molecule has 0 spiro atoms. The average molecular weight is 184 g/mol. The Labute approximate surface area is 68.4 Å². The number of hydrogen-bond donors (Lipinski definition) is 1. The lowest BCUT2D eigenvalue weighted by Gasteiger charge is -2.06. The maximum absolute atomic E-state index is 11.5. The van der Waals surface area contributed by atoms with Gasteiger partial charge in [0.25, 0.3) is 0 Å². The molecule has 0 amide bonds. The van der Waals surface area contributed by atoms with Crippen LogP contribution < -0.4 is 5.73 Å². The Bertz CT molecular complexity index is 155. The Hall–Kier alpha value is -0.780. The summed E-state index contributed by atoms with van der Waals surface area (Å²) in [6, 6.07) is 0. The van der Waals surface area contributed by atoms with Crippen molar-refractivity contribution in [1.82, 2.24) is 0 Å². The molecule has 0 aliphatic heterocycles. The highest BCUT2D eigenvalue weighted by atomic mass is 19.4. The summed E-state index contributed by atoms with van der Waals surface area (Å²) in [5, 5.41) is 0. The topological polar surface area (TPSA) is 47.6 Å². The number of alkyl halides is 3. The van der Waals surface area contributed by atoms with Crippen molar-refractivity contribution in [3.8, 4) is 0 Å². The van der Waals surface area contributed by atoms with Crippen molar-refractivity contribution in [1.29, 1.82) is 0 Å². The van der Waals surface area contributed by atoms with Crippen molar-refractivity contribution in [3.05, 3.63) is 0 Å². The van der Waals surface area contributed by atoms with E-state index in [0.29, 0.717) is 6.54 Å². The van der Waals surface area contributed by atoms with E-state index in [2.05, 4.69) is 9.73 Å². The van der Waals surface area contributed by atoms with Crippen LogP contribution in [0.3, 0.4) is 0 Å². The highest BCUT2D eigenvalue weighted by Crippen LogP contribution is 2.13. The Morgan fingerprint density at radius 2 is 2.08 bits per heavy atom. The minimum Gasteiger partial charge on any atom is -0.386 e. The van der Waals surface area contributed by atoms with Gasteiger partial charge in [0.2, 0.25) is 0 Å². The van der Waals surface area contributed by atoms with E-state index in [4.69, 9.17) is 5.73 Å². The molecule has 2 N–H and O–H groups in total. The van der Waals surface area contributed by atoms with Gasteiger partial charge in [0.1, 0.15) is 19.0 Å². The first kappa shape index (κ1) is 11.2. The molecule has 72 valence electrons. The first-order valence-electron chi connectivity index (χ1n) is 3.39. The summed E-state index contributed by atoms with van der Waals surface area (Å²) in [6.45, 7) is 0.623. The summed E-state index contributed by atoms with van der Waals surface area (Å²) < 4.78 is 38.7. The number of nitrogens with zero attached hydrogens (tertiary/aromatic N) is 1. The smallest absolute Gasteiger partial charge is 0.386 e. The molecule has 0 aliphatic rings. The Morgan fingerprint density at radius 1 is 1.50 bits per heavy atom. The molecule has 0 saturated carbocycles. The first-order chi connectivity index (χ1) is 5.45. The fraction of sp³-hybridized carbons (Fsp3) is 0.833. The molecule has 0 unspecified atom stereocenters. The molecule has 6 heteroatoms. The molecular formula is C6H11F3N2O. The lowest BCUT2D eigenvalue weighted by Crippen LogP contribution is -2.24. The van der Waals surface area contributed by atoms with Crippen LogP contribution in [0.4, 0.5) is 13.2 Å². The van der Waals surface area contributed by atoms with E-state index in [1.54, 1.807) is 6.92 Å². The van der Waals surface area contributed by atoms with Crippen molar-refractivity contribution in [2.24, 2.45) is 10.7 Å². The van der Waals surface area contributed by atoms with Crippen LogP contribution in [0.15, 0.2) is 4.99 Å². The molecule has 0 aromatic carbocycles. The average Bonchev–Trinajstić information content (AvgIpc) is 1.84. The summed E-state index contributed by atoms with van der Waals surface area (Å²) in [4.78, 5) is 3.65. The number of rotatable bonds is 4. The number of hydrogen-bond acceptors (Lipinski definition) is 2. The second-order valence-electron chi connectivity index (χ2n) is 2.07. The number of ether oxygens (including phenoxy) is 1. The highest BCUT2D eigenvalue weighted by molar-refractivity contribution is 5.81. The predicted molar refractivity (Wildman–Crippen MR) is 39.0 cm³/mol. The highest BCUT2D eigenvalue weighted by Gasteiger charge is 2.27. The summed E-state index contributed by atoms with van der Waals surface area (Å²) in [5.74, 6) is 0.0850. The lowest BCUT2D eigenvalue weighted by atomic mass is 10.6. The summed E-state index contributed by atoms with van der Waals surface area (Å²) in [5.41, 5.74) is 5.17. The fourth-order valence-corrected chi connectivity index (χ4v) is 0.520. The fourth-order valence-electron chi connectivity index (χ4n) is 0.520. The van der Waals surface area contributed by atoms with E-state index in [-0.39, 0.29) is 12.4 Å². The SMILES string of the molecule is CCN=C(N)COCC(F)(F)F. The van der Waals surface area contributed by atoms with E-state index in [1.165, 1.54) is 0 Å². The molecule has 0 atom stereocenters. The van der Waals surface area contributed by atoms with Gasteiger partial charge in [-0.2, -0.15) is 13.2 Å². The number of aliphatic imine (C=N–C) groups is 1. The van der Waals surface area contributed by atoms with E-state index in [0.717, 1.165) is 0 Å². The Kier molecular flexibility index (Phi) is 4.65. The molecule has 0 heterocycles. The van der Waals surface area contributed by atoms with Crippen LogP contribution in [0.1, 0.15) is 6.92 Å². The molecule has 0 saturated heterocycles. The molecule has 0 fully saturated rings. The molecular weight excluding hydrogens is 173 g/mol. The van der Waals surface area contributed by atoms with Crippen LogP contribution in [-0.4, -0.2) is 31.8 Å². The second-order valence-corrected chi connectivity index (χ2v) is 2.07. The second kappa shape index (κ2) is 4.97. The minimum absolute atomic E-state index is 0.0850. The van der Waals surface area contributed by atoms with Gasteiger partial charge in [-0.25, -0.2) is 0 Å². The standard InChI is InChI=1S/C6H11F3N2O/c1-2-11-5(10)3-12-4-6(7,8)9/h2-4H2,1H3,(H2,10,11). The van der Waals surface area contributed by atoms with Crippen LogP contribution in [0, 0.1) is 0 Å². The molecule has 0 bridgehead atoms. The molecule has 0 radical (unpaired) electrons. The maximum Gasteiger partial charge on any atom is 0.411 e. The van der Waals surface area contributed by atoms with E-state index in [9.17, 15) is 13.2 Å². The van der Waals surface area contributed by atoms with Gasteiger partial charge in [0, 0.05) is 6.54 Å². The van der Waals surface area contributed by atoms with Gasteiger partial charge in [0.05, 0.1) is 0 Å². The molecule has 3 nitrogen and oxygen atoms in total. The largest absolute Gasteiger partial charge is 0.411 e. The van der Waals surface area contributed by atoms with Crippen LogP contribution in [0.2, 0.25) is 0 Å². The van der Waals surface area contributed by atoms with Crippen LogP contribution in [0.25, 0.3) is 0 Å². The van der Waals surface area contributed by atoms with E-state index in [1.807, 2.05) is 0 Å². The number of amidine groups is 1. The van der Waals surface area contributed by atoms with Gasteiger partial charge >= 0.3 is 6.18 Å². The molecule has 12 heavy (non-hydrogen) atoms. The van der Waals surface area contributed by atoms with Gasteiger partial charge in [-0.15, -0.1) is 0 Å². The van der Waals surface area contributed by atoms with Crippen LogP contribution >= 0.6 is 0 Å². The quantitative estimate of drug-likeness (QED) is 0.522. The third-order valence-electron chi connectivity index (χ3n) is 0.877. The molecule has 0 rings (SSSR count). The zero-order valence-electron chi connectivity index (χ0n) is 6.69. The van der Waals surface area contributed by atoms with Gasteiger partial charge in [-0.05, 0) is 6.92 Å². The number of nitrogens with two attached hydrogens (primary N) is 1. The third kappa shape index (κ3) is 7.33. The summed E-state index contributed by atoms with van der Waals surface area (Å²) in [6.07, 6.45) is -4.30. The van der Waals surface area contributed by atoms with Crippen molar-refractivity contribution in [3.63, 3.8) is 0 Å². The van der Waals surface area contributed by atoms with Crippen molar-refractivity contribution in [2.75, 3.05) is 19.8 Å². The van der Waals surface area contributed by atoms with Crippen molar-refractivity contribution < 1.29 is 17.9 Å². The zero-order valence-corrected chi connectivity index (χ0v) is 6.69. The number of halogens is 3. The van der Waals surface area contributed by atoms with Gasteiger partial charge in [-0.1, -0.05) is 0 Å². The van der Waals surface area contributed by atoms with E-state index >= 15 is 0 Å². The van der Waals surface area contributed by atoms with Crippen LogP contribution in [0.5, 0.6) is 0 Å². The Morgan fingerprint density at radius 3 is 2.50 bits per heavy atom. The Balaban J connectivity index is 3.50.